The van der Waals surface area contributed by atoms with E-state index in [1.165, 1.54) is 6.92 Å². The molecule has 1 N–H and O–H groups in total. The third-order valence-corrected chi connectivity index (χ3v) is 2.91. The topological polar surface area (TPSA) is 85.8 Å². The van der Waals surface area contributed by atoms with Gasteiger partial charge in [-0.05, 0) is 36.4 Å². The van der Waals surface area contributed by atoms with Crippen LogP contribution in [0.25, 0.3) is 0 Å². The lowest BCUT2D eigenvalue weighted by Gasteiger charge is -2.25. The first-order chi connectivity index (χ1) is 8.68. The number of ketones is 1. The minimum Gasteiger partial charge on any atom is -0.467 e. The van der Waals surface area contributed by atoms with Gasteiger partial charge in [0.15, 0.2) is 5.78 Å². The lowest BCUT2D eigenvalue weighted by molar-refractivity contribution is -0.114. The average Bonchev–Trinajstić information content (AvgIpc) is 2.96. The van der Waals surface area contributed by atoms with Crippen LogP contribution in [0.5, 0.6) is 0 Å². The highest BCUT2D eigenvalue weighted by molar-refractivity contribution is 5.96. The van der Waals surface area contributed by atoms with Crippen molar-refractivity contribution in [2.75, 3.05) is 5.32 Å². The summed E-state index contributed by atoms with van der Waals surface area (Å²) in [6.07, 6.45) is 1.56. The van der Waals surface area contributed by atoms with E-state index in [1.807, 2.05) is 6.92 Å². The van der Waals surface area contributed by atoms with E-state index in [-0.39, 0.29) is 5.78 Å². The van der Waals surface area contributed by atoms with Gasteiger partial charge in [-0.25, -0.2) is 0 Å². The number of furan rings is 1. The molecule has 1 aliphatic heterocycles. The molecule has 2 aromatic rings. The molecule has 3 heterocycles. The second-order valence-electron chi connectivity index (χ2n) is 4.08. The number of hydrogen-bond donors (Lipinski definition) is 1. The fourth-order valence-corrected chi connectivity index (χ4v) is 2.18. The van der Waals surface area contributed by atoms with Crippen LogP contribution in [0.15, 0.2) is 34.1 Å². The van der Waals surface area contributed by atoms with Crippen molar-refractivity contribution < 1.29 is 9.21 Å². The summed E-state index contributed by atoms with van der Waals surface area (Å²) in [7, 11) is 0. The summed E-state index contributed by atoms with van der Waals surface area (Å²) in [4.78, 5) is 11.8. The van der Waals surface area contributed by atoms with E-state index in [1.54, 1.807) is 23.1 Å². The fourth-order valence-electron chi connectivity index (χ4n) is 2.18. The highest BCUT2D eigenvalue weighted by atomic mass is 16.3. The molecule has 0 unspecified atom stereocenters. The number of hydrogen-bond acceptors (Lipinski definition) is 6. The molecule has 0 amide bonds. The van der Waals surface area contributed by atoms with Crippen molar-refractivity contribution in [3.63, 3.8) is 0 Å². The number of rotatable bonds is 2. The quantitative estimate of drug-likeness (QED) is 0.854. The molecule has 0 fully saturated rings. The lowest BCUT2D eigenvalue weighted by Crippen LogP contribution is -2.27. The molecule has 1 aliphatic rings. The number of Topliss-reactive ketones (excluding diaryl/α,β-unsaturated/α-hetero) is 1. The Hall–Kier alpha value is -2.44. The minimum absolute atomic E-state index is 0.0393. The molecule has 18 heavy (non-hydrogen) atoms. The molecule has 1 atom stereocenters. The number of nitrogens with zero attached hydrogens (tertiary/aromatic N) is 4. The molecular formula is C11H11N5O2. The third-order valence-electron chi connectivity index (χ3n) is 2.91. The highest BCUT2D eigenvalue weighted by Crippen LogP contribution is 2.34. The maximum atomic E-state index is 11.8. The van der Waals surface area contributed by atoms with Crippen LogP contribution in [0, 0.1) is 0 Å². The highest BCUT2D eigenvalue weighted by Gasteiger charge is 2.33. The first-order valence-corrected chi connectivity index (χ1v) is 5.48. The van der Waals surface area contributed by atoms with Gasteiger partial charge in [0.25, 0.3) is 0 Å². The molecule has 92 valence electrons. The summed E-state index contributed by atoms with van der Waals surface area (Å²) in [6.45, 7) is 3.34. The molecule has 0 aromatic carbocycles. The fraction of sp³-hybridized carbons (Fsp3) is 0.273. The SMILES string of the molecule is CC(=O)C1=C(C)Nc2nnnn2[C@H]1c1ccco1. The van der Waals surface area contributed by atoms with Gasteiger partial charge < -0.3 is 9.73 Å². The standard InChI is InChI=1S/C11H11N5O2/c1-6-9(7(2)17)10(8-4-3-5-18-8)16-11(12-6)13-14-15-16/h3-5,10H,1-2H3,(H,12,13,15)/t10-/m0/s1. The first kappa shape index (κ1) is 10.7. The predicted molar refractivity (Wildman–Crippen MR) is 61.7 cm³/mol. The Bertz CT molecular complexity index is 626. The Morgan fingerprint density at radius 1 is 1.56 bits per heavy atom. The number of tetrazole rings is 1. The van der Waals surface area contributed by atoms with Crippen molar-refractivity contribution in [2.45, 2.75) is 19.9 Å². The van der Waals surface area contributed by atoms with E-state index in [0.29, 0.717) is 17.3 Å². The van der Waals surface area contributed by atoms with E-state index >= 15 is 0 Å². The maximum absolute atomic E-state index is 11.8. The Kier molecular flexibility index (Phi) is 2.26. The van der Waals surface area contributed by atoms with E-state index in [9.17, 15) is 4.79 Å². The van der Waals surface area contributed by atoms with Gasteiger partial charge in [0.05, 0.1) is 6.26 Å². The molecule has 3 rings (SSSR count). The Balaban J connectivity index is 2.21. The zero-order valence-corrected chi connectivity index (χ0v) is 9.91. The van der Waals surface area contributed by atoms with Crippen LogP contribution in [0.2, 0.25) is 0 Å². The third kappa shape index (κ3) is 1.44. The molecule has 0 spiro atoms. The summed E-state index contributed by atoms with van der Waals surface area (Å²) in [5.41, 5.74) is 1.34. The smallest absolute Gasteiger partial charge is 0.248 e. The van der Waals surface area contributed by atoms with Gasteiger partial charge in [-0.2, -0.15) is 4.68 Å². The Morgan fingerprint density at radius 2 is 2.39 bits per heavy atom. The average molecular weight is 245 g/mol. The molecule has 0 saturated heterocycles. The van der Waals surface area contributed by atoms with Crippen LogP contribution in [-0.2, 0) is 4.79 Å². The Labute approximate surface area is 102 Å². The molecule has 2 aromatic heterocycles. The number of fused-ring (bicyclic) bond motifs is 1. The van der Waals surface area contributed by atoms with Crippen molar-refractivity contribution in [3.05, 3.63) is 35.4 Å². The monoisotopic (exact) mass is 245 g/mol. The van der Waals surface area contributed by atoms with Gasteiger partial charge in [0.2, 0.25) is 5.95 Å². The van der Waals surface area contributed by atoms with Crippen molar-refractivity contribution in [3.8, 4) is 0 Å². The van der Waals surface area contributed by atoms with Crippen LogP contribution >= 0.6 is 0 Å². The first-order valence-electron chi connectivity index (χ1n) is 5.48. The molecule has 7 nitrogen and oxygen atoms in total. The van der Waals surface area contributed by atoms with Gasteiger partial charge in [-0.3, -0.25) is 4.79 Å². The van der Waals surface area contributed by atoms with Crippen LogP contribution in [0.1, 0.15) is 25.6 Å². The largest absolute Gasteiger partial charge is 0.467 e. The number of carbonyl (C=O) groups excluding carboxylic acids is 1. The predicted octanol–water partition coefficient (Wildman–Crippen LogP) is 1.14. The van der Waals surface area contributed by atoms with Crippen LogP contribution in [0.4, 0.5) is 5.95 Å². The van der Waals surface area contributed by atoms with Crippen molar-refractivity contribution in [1.29, 1.82) is 0 Å². The number of allylic oxidation sites excluding steroid dienone is 2. The van der Waals surface area contributed by atoms with Gasteiger partial charge in [-0.1, -0.05) is 5.10 Å². The van der Waals surface area contributed by atoms with Gasteiger partial charge in [0.1, 0.15) is 11.8 Å². The van der Waals surface area contributed by atoms with Crippen LogP contribution in [-0.4, -0.2) is 26.0 Å². The van der Waals surface area contributed by atoms with E-state index in [0.717, 1.165) is 5.70 Å². The number of aromatic nitrogens is 4. The van der Waals surface area contributed by atoms with Gasteiger partial charge in [-0.15, -0.1) is 0 Å². The van der Waals surface area contributed by atoms with E-state index < -0.39 is 6.04 Å². The van der Waals surface area contributed by atoms with E-state index in [4.69, 9.17) is 4.42 Å². The van der Waals surface area contributed by atoms with Crippen molar-refractivity contribution >= 4 is 11.7 Å². The zero-order chi connectivity index (χ0) is 12.7. The molecular weight excluding hydrogens is 234 g/mol. The Morgan fingerprint density at radius 3 is 3.06 bits per heavy atom. The normalized spacial score (nSPS) is 18.4. The minimum atomic E-state index is -0.413. The summed E-state index contributed by atoms with van der Waals surface area (Å²) in [5, 5.41) is 14.4. The molecule has 0 aliphatic carbocycles. The second-order valence-corrected chi connectivity index (χ2v) is 4.08. The zero-order valence-electron chi connectivity index (χ0n) is 9.91. The van der Waals surface area contributed by atoms with Gasteiger partial charge in [0, 0.05) is 11.3 Å². The number of anilines is 1. The molecule has 7 heteroatoms. The summed E-state index contributed by atoms with van der Waals surface area (Å²) in [6, 6.07) is 3.16. The van der Waals surface area contributed by atoms with Crippen molar-refractivity contribution in [1.82, 2.24) is 20.2 Å². The van der Waals surface area contributed by atoms with Crippen molar-refractivity contribution in [2.24, 2.45) is 0 Å². The summed E-state index contributed by atoms with van der Waals surface area (Å²) < 4.78 is 6.94. The molecule has 0 saturated carbocycles. The maximum Gasteiger partial charge on any atom is 0.248 e. The van der Waals surface area contributed by atoms with Gasteiger partial charge >= 0.3 is 0 Å². The van der Waals surface area contributed by atoms with E-state index in [2.05, 4.69) is 20.8 Å². The molecule has 0 radical (unpaired) electrons. The summed E-state index contributed by atoms with van der Waals surface area (Å²) in [5.74, 6) is 1.09. The number of nitrogens with one attached hydrogen (secondary N) is 1. The lowest BCUT2D eigenvalue weighted by atomic mass is 9.98. The van der Waals surface area contributed by atoms with Crippen LogP contribution in [0.3, 0.4) is 0 Å². The second kappa shape index (κ2) is 3.80. The molecule has 0 bridgehead atoms. The number of carbonyl (C=O) groups is 1. The van der Waals surface area contributed by atoms with Crippen LogP contribution < -0.4 is 5.32 Å². The summed E-state index contributed by atoms with van der Waals surface area (Å²) >= 11 is 0.